The summed E-state index contributed by atoms with van der Waals surface area (Å²) in [5.41, 5.74) is -0.457. The maximum atomic E-state index is 13.2. The summed E-state index contributed by atoms with van der Waals surface area (Å²) in [6.07, 6.45) is 0. The Bertz CT molecular complexity index is 900. The fourth-order valence-corrected chi connectivity index (χ4v) is 2.61. The van der Waals surface area contributed by atoms with Crippen molar-refractivity contribution in [2.24, 2.45) is 0 Å². The van der Waals surface area contributed by atoms with Gasteiger partial charge in [0.1, 0.15) is 4.88 Å². The first kappa shape index (κ1) is 11.7. The van der Waals surface area contributed by atoms with Crippen LogP contribution in [0, 0.1) is 11.6 Å². The first-order valence-corrected chi connectivity index (χ1v) is 5.83. The molecule has 19 heavy (non-hydrogen) atoms. The molecule has 0 saturated heterocycles. The van der Waals surface area contributed by atoms with Gasteiger partial charge in [-0.05, 0) is 0 Å². The fourth-order valence-electron chi connectivity index (χ4n) is 1.74. The van der Waals surface area contributed by atoms with Crippen LogP contribution in [0.15, 0.2) is 23.0 Å². The SMILES string of the molecule is O=C(O)c1cc(=O)n2c(nc3cc(F)c(F)cc32)s1. The van der Waals surface area contributed by atoms with Crippen molar-refractivity contribution in [3.05, 3.63) is 45.1 Å². The van der Waals surface area contributed by atoms with Crippen LogP contribution in [0.5, 0.6) is 0 Å². The number of aromatic carboxylic acids is 1. The molecule has 0 aliphatic heterocycles. The first-order valence-electron chi connectivity index (χ1n) is 5.02. The predicted molar refractivity (Wildman–Crippen MR) is 63.7 cm³/mol. The number of hydrogen-bond donors (Lipinski definition) is 1. The summed E-state index contributed by atoms with van der Waals surface area (Å²) in [6.45, 7) is 0. The summed E-state index contributed by atoms with van der Waals surface area (Å²) in [7, 11) is 0. The van der Waals surface area contributed by atoms with Gasteiger partial charge in [-0.1, -0.05) is 11.3 Å². The van der Waals surface area contributed by atoms with Gasteiger partial charge in [-0.25, -0.2) is 18.6 Å². The van der Waals surface area contributed by atoms with E-state index < -0.39 is 23.2 Å². The van der Waals surface area contributed by atoms with Crippen LogP contribution in [0.1, 0.15) is 9.67 Å². The minimum absolute atomic E-state index is 0.0740. The van der Waals surface area contributed by atoms with Gasteiger partial charge in [0.2, 0.25) is 0 Å². The topological polar surface area (TPSA) is 71.7 Å². The molecule has 0 aliphatic rings. The van der Waals surface area contributed by atoms with Crippen LogP contribution in [-0.2, 0) is 0 Å². The highest BCUT2D eigenvalue weighted by molar-refractivity contribution is 7.18. The standard InChI is InChI=1S/C11H4F2N2O3S/c12-4-1-6-7(2-5(4)13)15-9(16)3-8(10(17)18)19-11(15)14-6/h1-3H,(H,17,18). The Labute approximate surface area is 107 Å². The Morgan fingerprint density at radius 2 is 1.95 bits per heavy atom. The maximum absolute atomic E-state index is 13.2. The van der Waals surface area contributed by atoms with Gasteiger partial charge in [-0.2, -0.15) is 0 Å². The summed E-state index contributed by atoms with van der Waals surface area (Å²) >= 11 is 0.754. The van der Waals surface area contributed by atoms with Crippen LogP contribution in [-0.4, -0.2) is 20.5 Å². The van der Waals surface area contributed by atoms with Gasteiger partial charge in [0.15, 0.2) is 16.6 Å². The minimum Gasteiger partial charge on any atom is -0.477 e. The zero-order valence-corrected chi connectivity index (χ0v) is 9.87. The lowest BCUT2D eigenvalue weighted by Crippen LogP contribution is -2.12. The smallest absolute Gasteiger partial charge is 0.346 e. The van der Waals surface area contributed by atoms with Crippen LogP contribution in [0.4, 0.5) is 8.78 Å². The Morgan fingerprint density at radius 1 is 1.26 bits per heavy atom. The van der Waals surface area contributed by atoms with Crippen LogP contribution in [0.2, 0.25) is 0 Å². The number of aromatic nitrogens is 2. The zero-order valence-electron chi connectivity index (χ0n) is 9.05. The van der Waals surface area contributed by atoms with Gasteiger partial charge in [0, 0.05) is 18.2 Å². The van der Waals surface area contributed by atoms with Crippen molar-refractivity contribution in [2.75, 3.05) is 0 Å². The normalized spacial score (nSPS) is 11.3. The molecular formula is C11H4F2N2O3S. The lowest BCUT2D eigenvalue weighted by Gasteiger charge is -1.96. The lowest BCUT2D eigenvalue weighted by atomic mass is 10.3. The number of carbonyl (C=O) groups is 1. The molecule has 1 N–H and O–H groups in total. The molecule has 1 aromatic carbocycles. The lowest BCUT2D eigenvalue weighted by molar-refractivity contribution is 0.0702. The van der Waals surface area contributed by atoms with Crippen LogP contribution in [0.3, 0.4) is 0 Å². The average molecular weight is 282 g/mol. The molecule has 0 aliphatic carbocycles. The third-order valence-electron chi connectivity index (χ3n) is 2.55. The molecule has 96 valence electrons. The van der Waals surface area contributed by atoms with E-state index in [1.165, 1.54) is 0 Å². The number of fused-ring (bicyclic) bond motifs is 3. The van der Waals surface area contributed by atoms with Gasteiger partial charge in [0.05, 0.1) is 11.0 Å². The van der Waals surface area contributed by atoms with E-state index >= 15 is 0 Å². The molecule has 2 aromatic heterocycles. The van der Waals surface area contributed by atoms with E-state index in [4.69, 9.17) is 5.11 Å². The van der Waals surface area contributed by atoms with Crippen molar-refractivity contribution >= 4 is 33.3 Å². The van der Waals surface area contributed by atoms with Gasteiger partial charge in [-0.3, -0.25) is 9.20 Å². The van der Waals surface area contributed by atoms with E-state index in [0.717, 1.165) is 33.9 Å². The number of carboxylic acid groups (broad SMARTS) is 1. The molecule has 0 atom stereocenters. The Kier molecular flexibility index (Phi) is 2.36. The molecule has 0 saturated carbocycles. The van der Waals surface area contributed by atoms with E-state index in [2.05, 4.69) is 4.98 Å². The van der Waals surface area contributed by atoms with Crippen molar-refractivity contribution in [2.45, 2.75) is 0 Å². The molecule has 5 nitrogen and oxygen atoms in total. The highest BCUT2D eigenvalue weighted by Gasteiger charge is 2.15. The third-order valence-corrected chi connectivity index (χ3v) is 3.52. The highest BCUT2D eigenvalue weighted by Crippen LogP contribution is 2.21. The van der Waals surface area contributed by atoms with E-state index in [1.54, 1.807) is 0 Å². The molecule has 0 spiro atoms. The predicted octanol–water partition coefficient (Wildman–Crippen LogP) is 1.89. The second-order valence-electron chi connectivity index (χ2n) is 3.74. The summed E-state index contributed by atoms with van der Waals surface area (Å²) in [4.78, 5) is 26.5. The molecule has 0 unspecified atom stereocenters. The van der Waals surface area contributed by atoms with Crippen LogP contribution >= 0.6 is 11.3 Å². The number of halogens is 2. The van der Waals surface area contributed by atoms with Gasteiger partial charge in [-0.15, -0.1) is 0 Å². The molecule has 3 aromatic rings. The highest BCUT2D eigenvalue weighted by atomic mass is 32.1. The third kappa shape index (κ3) is 1.68. The monoisotopic (exact) mass is 282 g/mol. The van der Waals surface area contributed by atoms with Crippen molar-refractivity contribution in [1.82, 2.24) is 9.38 Å². The van der Waals surface area contributed by atoms with Crippen molar-refractivity contribution in [3.63, 3.8) is 0 Å². The van der Waals surface area contributed by atoms with E-state index in [9.17, 15) is 18.4 Å². The van der Waals surface area contributed by atoms with Crippen molar-refractivity contribution in [1.29, 1.82) is 0 Å². The summed E-state index contributed by atoms with van der Waals surface area (Å²) < 4.78 is 27.3. The molecule has 3 rings (SSSR count). The molecule has 0 fully saturated rings. The molecule has 2 heterocycles. The average Bonchev–Trinajstić information content (AvgIpc) is 2.67. The molecular weight excluding hydrogens is 278 g/mol. The number of rotatable bonds is 1. The minimum atomic E-state index is -1.26. The van der Waals surface area contributed by atoms with Gasteiger partial charge in [0.25, 0.3) is 5.56 Å². The zero-order chi connectivity index (χ0) is 13.7. The molecule has 0 amide bonds. The Hall–Kier alpha value is -2.35. The van der Waals surface area contributed by atoms with E-state index in [1.807, 2.05) is 0 Å². The fraction of sp³-hybridized carbons (Fsp3) is 0. The first-order chi connectivity index (χ1) is 8.97. The second kappa shape index (κ2) is 3.82. The quantitative estimate of drug-likeness (QED) is 0.739. The van der Waals surface area contributed by atoms with Gasteiger partial charge >= 0.3 is 5.97 Å². The van der Waals surface area contributed by atoms with E-state index in [0.29, 0.717) is 0 Å². The molecule has 0 radical (unpaired) electrons. The number of imidazole rings is 1. The number of carboxylic acids is 1. The summed E-state index contributed by atoms with van der Waals surface area (Å²) in [6, 6.07) is 2.64. The van der Waals surface area contributed by atoms with Crippen molar-refractivity contribution < 1.29 is 18.7 Å². The molecule has 8 heteroatoms. The summed E-state index contributed by atoms with van der Waals surface area (Å²) in [5.74, 6) is -3.43. The van der Waals surface area contributed by atoms with Crippen LogP contribution < -0.4 is 5.56 Å². The van der Waals surface area contributed by atoms with Gasteiger partial charge < -0.3 is 5.11 Å². The Balaban J connectivity index is 2.51. The number of nitrogens with zero attached hydrogens (tertiary/aromatic N) is 2. The number of benzene rings is 1. The molecule has 0 bridgehead atoms. The number of hydrogen-bond acceptors (Lipinski definition) is 4. The van der Waals surface area contributed by atoms with Crippen molar-refractivity contribution in [3.8, 4) is 0 Å². The van der Waals surface area contributed by atoms with E-state index in [-0.39, 0.29) is 20.9 Å². The largest absolute Gasteiger partial charge is 0.477 e. The van der Waals surface area contributed by atoms with Crippen LogP contribution in [0.25, 0.3) is 16.0 Å². The Morgan fingerprint density at radius 3 is 2.63 bits per heavy atom. The summed E-state index contributed by atoms with van der Waals surface area (Å²) in [5, 5.41) is 8.85. The second-order valence-corrected chi connectivity index (χ2v) is 4.75. The maximum Gasteiger partial charge on any atom is 0.346 e.